The fourth-order valence-electron chi connectivity index (χ4n) is 3.89. The fraction of sp³-hybridized carbons (Fsp3) is 0.333. The van der Waals surface area contributed by atoms with Crippen molar-refractivity contribution < 1.29 is 18.0 Å². The maximum atomic E-state index is 13.3. The summed E-state index contributed by atoms with van der Waals surface area (Å²) in [5.74, 6) is -0.408. The number of anilines is 1. The molecule has 30 heavy (non-hydrogen) atoms. The molecule has 0 saturated carbocycles. The lowest BCUT2D eigenvalue weighted by atomic mass is 10.0. The minimum atomic E-state index is -3.84. The van der Waals surface area contributed by atoms with Gasteiger partial charge in [-0.05, 0) is 54.7 Å². The Kier molecular flexibility index (Phi) is 5.81. The molecule has 0 spiro atoms. The predicted octanol–water partition coefficient (Wildman–Crippen LogP) is 2.69. The van der Waals surface area contributed by atoms with E-state index >= 15 is 0 Å². The second-order valence-corrected chi connectivity index (χ2v) is 9.75. The standard InChI is InChI=1S/C21H22ClN3O4S/c22-17-5-2-1-4-15(17)13-23-21(27)19-6-3-11-25(19)30(28,29)16-8-9-18-14(12-16)7-10-20(26)24-18/h1-2,4-5,8-9,12,19H,3,6-7,10-11,13H2,(H,23,27)(H,24,26). The van der Waals surface area contributed by atoms with E-state index in [1.54, 1.807) is 18.2 Å². The molecule has 7 nitrogen and oxygen atoms in total. The number of fused-ring (bicyclic) bond motifs is 1. The van der Waals surface area contributed by atoms with Crippen LogP contribution in [0.25, 0.3) is 0 Å². The molecular formula is C21H22ClN3O4S. The maximum absolute atomic E-state index is 13.3. The van der Waals surface area contributed by atoms with Gasteiger partial charge in [0.05, 0.1) is 4.90 Å². The van der Waals surface area contributed by atoms with Gasteiger partial charge in [0.15, 0.2) is 0 Å². The lowest BCUT2D eigenvalue weighted by molar-refractivity contribution is -0.124. The van der Waals surface area contributed by atoms with Gasteiger partial charge in [-0.15, -0.1) is 0 Å². The predicted molar refractivity (Wildman–Crippen MR) is 114 cm³/mol. The molecule has 4 rings (SSSR count). The molecule has 0 radical (unpaired) electrons. The molecule has 2 amide bonds. The number of halogens is 1. The van der Waals surface area contributed by atoms with Crippen molar-refractivity contribution in [1.82, 2.24) is 9.62 Å². The molecule has 9 heteroatoms. The SMILES string of the molecule is O=C1CCc2cc(S(=O)(=O)N3CCCC3C(=O)NCc3ccccc3Cl)ccc2N1. The Bertz CT molecular complexity index is 1100. The zero-order valence-corrected chi connectivity index (χ0v) is 17.8. The van der Waals surface area contributed by atoms with Crippen LogP contribution in [0.3, 0.4) is 0 Å². The van der Waals surface area contributed by atoms with Gasteiger partial charge >= 0.3 is 0 Å². The van der Waals surface area contributed by atoms with Gasteiger partial charge in [-0.3, -0.25) is 9.59 Å². The number of carbonyl (C=O) groups is 2. The summed E-state index contributed by atoms with van der Waals surface area (Å²) >= 11 is 6.13. The second-order valence-electron chi connectivity index (χ2n) is 7.45. The van der Waals surface area contributed by atoms with Crippen LogP contribution in [0.1, 0.15) is 30.4 Å². The van der Waals surface area contributed by atoms with Crippen LogP contribution in [0.2, 0.25) is 5.02 Å². The molecule has 158 valence electrons. The molecule has 0 aliphatic carbocycles. The zero-order valence-electron chi connectivity index (χ0n) is 16.2. The number of hydrogen-bond acceptors (Lipinski definition) is 4. The average molecular weight is 448 g/mol. The zero-order chi connectivity index (χ0) is 21.3. The van der Waals surface area contributed by atoms with Crippen molar-refractivity contribution in [3.05, 3.63) is 58.6 Å². The Morgan fingerprint density at radius 2 is 2.00 bits per heavy atom. The van der Waals surface area contributed by atoms with Crippen LogP contribution in [0, 0.1) is 0 Å². The summed E-state index contributed by atoms with van der Waals surface area (Å²) in [5.41, 5.74) is 2.20. The summed E-state index contributed by atoms with van der Waals surface area (Å²) in [6.07, 6.45) is 1.90. The van der Waals surface area contributed by atoms with Crippen molar-refractivity contribution in [3.8, 4) is 0 Å². The van der Waals surface area contributed by atoms with E-state index in [0.29, 0.717) is 42.9 Å². The quantitative estimate of drug-likeness (QED) is 0.736. The lowest BCUT2D eigenvalue weighted by Gasteiger charge is -2.24. The largest absolute Gasteiger partial charge is 0.351 e. The van der Waals surface area contributed by atoms with Crippen molar-refractivity contribution in [2.75, 3.05) is 11.9 Å². The summed E-state index contributed by atoms with van der Waals surface area (Å²) in [4.78, 5) is 24.5. The Labute approximate surface area is 180 Å². The molecule has 1 fully saturated rings. The van der Waals surface area contributed by atoms with Crippen LogP contribution >= 0.6 is 11.6 Å². The van der Waals surface area contributed by atoms with Crippen LogP contribution in [-0.4, -0.2) is 37.1 Å². The smallest absolute Gasteiger partial charge is 0.243 e. The van der Waals surface area contributed by atoms with Gasteiger partial charge in [0, 0.05) is 30.2 Å². The highest BCUT2D eigenvalue weighted by Crippen LogP contribution is 2.30. The Morgan fingerprint density at radius 3 is 2.80 bits per heavy atom. The van der Waals surface area contributed by atoms with Crippen molar-refractivity contribution >= 4 is 39.1 Å². The molecule has 1 saturated heterocycles. The van der Waals surface area contributed by atoms with Crippen molar-refractivity contribution in [2.24, 2.45) is 0 Å². The summed E-state index contributed by atoms with van der Waals surface area (Å²) in [7, 11) is -3.84. The molecule has 2 heterocycles. The first-order valence-electron chi connectivity index (χ1n) is 9.82. The molecule has 1 atom stereocenters. The van der Waals surface area contributed by atoms with E-state index in [2.05, 4.69) is 10.6 Å². The van der Waals surface area contributed by atoms with Gasteiger partial charge < -0.3 is 10.6 Å². The number of rotatable bonds is 5. The highest BCUT2D eigenvalue weighted by atomic mass is 35.5. The van der Waals surface area contributed by atoms with Crippen molar-refractivity contribution in [2.45, 2.75) is 43.2 Å². The molecule has 0 bridgehead atoms. The number of carbonyl (C=O) groups excluding carboxylic acids is 2. The molecule has 2 aromatic carbocycles. The summed E-state index contributed by atoms with van der Waals surface area (Å²) < 4.78 is 27.8. The molecule has 1 unspecified atom stereocenters. The number of aryl methyl sites for hydroxylation is 1. The van der Waals surface area contributed by atoms with E-state index < -0.39 is 16.1 Å². The van der Waals surface area contributed by atoms with Crippen LogP contribution in [-0.2, 0) is 32.6 Å². The van der Waals surface area contributed by atoms with Crippen molar-refractivity contribution in [1.29, 1.82) is 0 Å². The van der Waals surface area contributed by atoms with E-state index in [4.69, 9.17) is 11.6 Å². The summed E-state index contributed by atoms with van der Waals surface area (Å²) in [6, 6.07) is 11.1. The monoisotopic (exact) mass is 447 g/mol. The van der Waals surface area contributed by atoms with Crippen LogP contribution in [0.15, 0.2) is 47.4 Å². The maximum Gasteiger partial charge on any atom is 0.243 e. The number of nitrogens with one attached hydrogen (secondary N) is 2. The van der Waals surface area contributed by atoms with E-state index in [-0.39, 0.29) is 23.3 Å². The van der Waals surface area contributed by atoms with Gasteiger partial charge in [0.25, 0.3) is 0 Å². The van der Waals surface area contributed by atoms with Crippen LogP contribution in [0.4, 0.5) is 5.69 Å². The number of nitrogens with zero attached hydrogens (tertiary/aromatic N) is 1. The Morgan fingerprint density at radius 1 is 1.20 bits per heavy atom. The highest BCUT2D eigenvalue weighted by molar-refractivity contribution is 7.89. The van der Waals surface area contributed by atoms with E-state index in [1.165, 1.54) is 10.4 Å². The third kappa shape index (κ3) is 4.08. The second kappa shape index (κ2) is 8.37. The van der Waals surface area contributed by atoms with Gasteiger partial charge in [-0.25, -0.2) is 8.42 Å². The molecule has 2 aromatic rings. The molecule has 0 aromatic heterocycles. The van der Waals surface area contributed by atoms with E-state index in [9.17, 15) is 18.0 Å². The van der Waals surface area contributed by atoms with Crippen LogP contribution in [0.5, 0.6) is 0 Å². The van der Waals surface area contributed by atoms with Gasteiger partial charge in [0.2, 0.25) is 21.8 Å². The van der Waals surface area contributed by atoms with E-state index in [1.807, 2.05) is 18.2 Å². The Hall–Kier alpha value is -2.42. The highest BCUT2D eigenvalue weighted by Gasteiger charge is 2.39. The number of amides is 2. The first-order valence-corrected chi connectivity index (χ1v) is 11.6. The first kappa shape index (κ1) is 20.8. The third-order valence-electron chi connectivity index (χ3n) is 5.50. The molecular weight excluding hydrogens is 426 g/mol. The third-order valence-corrected chi connectivity index (χ3v) is 7.77. The summed E-state index contributed by atoms with van der Waals surface area (Å²) in [6.45, 7) is 0.530. The van der Waals surface area contributed by atoms with Crippen LogP contribution < -0.4 is 10.6 Å². The average Bonchev–Trinajstić information content (AvgIpc) is 3.23. The minimum absolute atomic E-state index is 0.0760. The minimum Gasteiger partial charge on any atom is -0.351 e. The molecule has 2 N–H and O–H groups in total. The molecule has 2 aliphatic heterocycles. The van der Waals surface area contributed by atoms with Gasteiger partial charge in [-0.2, -0.15) is 4.31 Å². The van der Waals surface area contributed by atoms with Gasteiger partial charge in [0.1, 0.15) is 6.04 Å². The number of hydrogen-bond donors (Lipinski definition) is 2. The van der Waals surface area contributed by atoms with Gasteiger partial charge in [-0.1, -0.05) is 29.8 Å². The number of benzene rings is 2. The lowest BCUT2D eigenvalue weighted by Crippen LogP contribution is -2.45. The summed E-state index contributed by atoms with van der Waals surface area (Å²) in [5, 5.41) is 6.11. The first-order chi connectivity index (χ1) is 14.4. The van der Waals surface area contributed by atoms with Crippen molar-refractivity contribution in [3.63, 3.8) is 0 Å². The number of sulfonamides is 1. The van der Waals surface area contributed by atoms with E-state index in [0.717, 1.165) is 11.1 Å². The normalized spacial score (nSPS) is 19.2. The Balaban J connectivity index is 1.51. The fourth-order valence-corrected chi connectivity index (χ4v) is 5.80. The topological polar surface area (TPSA) is 95.6 Å². The molecule has 2 aliphatic rings.